The molecule has 0 radical (unpaired) electrons. The molecule has 0 aromatic heterocycles. The molecule has 0 saturated carbocycles. The first kappa shape index (κ1) is 29.4. The van der Waals surface area contributed by atoms with Crippen molar-refractivity contribution >= 4 is 43.1 Å². The zero-order valence-electron chi connectivity index (χ0n) is 26.8. The van der Waals surface area contributed by atoms with Gasteiger partial charge in [-0.1, -0.05) is 121 Å². The summed E-state index contributed by atoms with van der Waals surface area (Å²) in [6, 6.07) is 50.7. The van der Waals surface area contributed by atoms with Crippen LogP contribution in [-0.4, -0.2) is 20.4 Å². The number of benzene rings is 9. The van der Waals surface area contributed by atoms with Crippen LogP contribution in [0.1, 0.15) is 0 Å². The SMILES string of the molecule is Oc1ccc2ccccc2c1-c1c(O)ccc2cc(-c3ccccc3-c3ccc4c(-c5c(O)ccc6ccccc56)c(O)ccc4c3)ccc12. The van der Waals surface area contributed by atoms with E-state index in [9.17, 15) is 20.4 Å². The Morgan fingerprint density at radius 1 is 0.260 bits per heavy atom. The highest BCUT2D eigenvalue weighted by molar-refractivity contribution is 6.12. The number of rotatable bonds is 4. The molecule has 4 heteroatoms. The van der Waals surface area contributed by atoms with Crippen LogP contribution in [0, 0.1) is 0 Å². The number of hydrogen-bond donors (Lipinski definition) is 4. The molecular weight excluding hydrogens is 617 g/mol. The molecule has 0 spiro atoms. The Morgan fingerprint density at radius 2 is 0.580 bits per heavy atom. The van der Waals surface area contributed by atoms with E-state index < -0.39 is 0 Å². The molecule has 0 aliphatic rings. The molecule has 0 amide bonds. The molecule has 4 N–H and O–H groups in total. The van der Waals surface area contributed by atoms with Gasteiger partial charge in [0.05, 0.1) is 0 Å². The molecule has 9 rings (SSSR count). The van der Waals surface area contributed by atoms with Gasteiger partial charge >= 0.3 is 0 Å². The maximum absolute atomic E-state index is 11.1. The van der Waals surface area contributed by atoms with Crippen LogP contribution < -0.4 is 0 Å². The van der Waals surface area contributed by atoms with E-state index in [0.29, 0.717) is 22.3 Å². The zero-order chi connectivity index (χ0) is 33.9. The molecule has 9 aromatic carbocycles. The number of hydrogen-bond acceptors (Lipinski definition) is 4. The topological polar surface area (TPSA) is 80.9 Å². The zero-order valence-corrected chi connectivity index (χ0v) is 26.8. The molecule has 0 fully saturated rings. The third-order valence-electron chi connectivity index (χ3n) is 9.86. The van der Waals surface area contributed by atoms with Crippen LogP contribution >= 0.6 is 0 Å². The van der Waals surface area contributed by atoms with Gasteiger partial charge in [-0.3, -0.25) is 0 Å². The Hall–Kier alpha value is -6.78. The van der Waals surface area contributed by atoms with Crippen molar-refractivity contribution in [2.45, 2.75) is 0 Å². The normalized spacial score (nSPS) is 11.5. The van der Waals surface area contributed by atoms with Crippen molar-refractivity contribution in [2.75, 3.05) is 0 Å². The Bertz CT molecular complexity index is 2620. The summed E-state index contributed by atoms with van der Waals surface area (Å²) in [5.74, 6) is 0.445. The predicted molar refractivity (Wildman–Crippen MR) is 205 cm³/mol. The van der Waals surface area contributed by atoms with Crippen molar-refractivity contribution in [3.05, 3.63) is 158 Å². The fourth-order valence-corrected chi connectivity index (χ4v) is 7.53. The third kappa shape index (κ3) is 4.61. The van der Waals surface area contributed by atoms with Gasteiger partial charge in [0.1, 0.15) is 23.0 Å². The number of phenolic OH excluding ortho intramolecular Hbond substituents is 4. The van der Waals surface area contributed by atoms with E-state index in [1.807, 2.05) is 97.1 Å². The third-order valence-corrected chi connectivity index (χ3v) is 9.86. The van der Waals surface area contributed by atoms with Crippen LogP contribution in [0.15, 0.2) is 158 Å². The van der Waals surface area contributed by atoms with Crippen molar-refractivity contribution < 1.29 is 20.4 Å². The lowest BCUT2D eigenvalue weighted by atomic mass is 9.88. The molecule has 0 bridgehead atoms. The number of fused-ring (bicyclic) bond motifs is 4. The van der Waals surface area contributed by atoms with Crippen LogP contribution in [0.25, 0.3) is 87.6 Å². The lowest BCUT2D eigenvalue weighted by Crippen LogP contribution is -1.90. The molecule has 0 aliphatic heterocycles. The summed E-state index contributed by atoms with van der Waals surface area (Å²) < 4.78 is 0. The molecule has 0 atom stereocenters. The van der Waals surface area contributed by atoms with Crippen molar-refractivity contribution in [3.63, 3.8) is 0 Å². The number of aromatic hydroxyl groups is 4. The van der Waals surface area contributed by atoms with Gasteiger partial charge in [-0.2, -0.15) is 0 Å². The van der Waals surface area contributed by atoms with Gasteiger partial charge in [0.2, 0.25) is 0 Å². The first-order valence-corrected chi connectivity index (χ1v) is 16.5. The molecular formula is C46H30O4. The van der Waals surface area contributed by atoms with Crippen LogP contribution in [-0.2, 0) is 0 Å². The molecule has 0 heterocycles. The van der Waals surface area contributed by atoms with Gasteiger partial charge in [0.25, 0.3) is 0 Å². The Labute approximate surface area is 288 Å². The Balaban J connectivity index is 1.18. The van der Waals surface area contributed by atoms with E-state index >= 15 is 0 Å². The minimum absolute atomic E-state index is 0.107. The van der Waals surface area contributed by atoms with Gasteiger partial charge in [-0.05, 0) is 102 Å². The van der Waals surface area contributed by atoms with E-state index in [4.69, 9.17) is 0 Å². The van der Waals surface area contributed by atoms with Crippen LogP contribution in [0.3, 0.4) is 0 Å². The van der Waals surface area contributed by atoms with Crippen molar-refractivity contribution in [1.29, 1.82) is 0 Å². The van der Waals surface area contributed by atoms with Gasteiger partial charge in [0.15, 0.2) is 0 Å². The Kier molecular flexibility index (Phi) is 6.71. The summed E-state index contributed by atoms with van der Waals surface area (Å²) in [7, 11) is 0. The second kappa shape index (κ2) is 11.4. The highest BCUT2D eigenvalue weighted by Gasteiger charge is 2.19. The van der Waals surface area contributed by atoms with Crippen molar-refractivity contribution in [3.8, 4) is 67.5 Å². The predicted octanol–water partition coefficient (Wildman–Crippen LogP) is 11.8. The summed E-state index contributed by atoms with van der Waals surface area (Å²) in [5, 5.41) is 51.6. The minimum atomic E-state index is 0.107. The first-order chi connectivity index (χ1) is 24.5. The monoisotopic (exact) mass is 646 g/mol. The maximum atomic E-state index is 11.1. The van der Waals surface area contributed by atoms with E-state index in [1.54, 1.807) is 24.3 Å². The van der Waals surface area contributed by atoms with Gasteiger partial charge in [-0.25, -0.2) is 0 Å². The summed E-state index contributed by atoms with van der Waals surface area (Å²) in [6.45, 7) is 0. The van der Waals surface area contributed by atoms with E-state index in [1.165, 1.54) is 0 Å². The second-order valence-electron chi connectivity index (χ2n) is 12.7. The Morgan fingerprint density at radius 3 is 0.980 bits per heavy atom. The summed E-state index contributed by atoms with van der Waals surface area (Å²) in [4.78, 5) is 0. The molecule has 0 unspecified atom stereocenters. The highest BCUT2D eigenvalue weighted by atomic mass is 16.3. The lowest BCUT2D eigenvalue weighted by Gasteiger charge is -2.17. The van der Waals surface area contributed by atoms with Crippen molar-refractivity contribution in [2.24, 2.45) is 0 Å². The maximum Gasteiger partial charge on any atom is 0.124 e. The molecule has 9 aromatic rings. The van der Waals surface area contributed by atoms with Gasteiger partial charge < -0.3 is 20.4 Å². The van der Waals surface area contributed by atoms with Gasteiger partial charge in [0, 0.05) is 22.3 Å². The fourth-order valence-electron chi connectivity index (χ4n) is 7.53. The highest BCUT2D eigenvalue weighted by Crippen LogP contribution is 2.47. The molecule has 238 valence electrons. The quantitative estimate of drug-likeness (QED) is 0.153. The standard InChI is InChI=1S/C46H30O4/c47-39-21-15-27-7-1-3-11-35(27)43(39)45-37-19-13-29(25-31(37)17-23-41(45)49)33-9-5-6-10-34(33)30-14-20-38-32(26-30)18-24-42(50)46(38)44-36-12-4-2-8-28(36)16-22-40(44)48/h1-26,47-50H. The molecule has 0 aliphatic carbocycles. The average Bonchev–Trinajstić information content (AvgIpc) is 3.15. The van der Waals surface area contributed by atoms with E-state index in [2.05, 4.69) is 36.4 Å². The largest absolute Gasteiger partial charge is 0.507 e. The number of phenols is 4. The van der Waals surface area contributed by atoms with Crippen molar-refractivity contribution in [1.82, 2.24) is 0 Å². The smallest absolute Gasteiger partial charge is 0.124 e. The summed E-state index contributed by atoms with van der Waals surface area (Å²) in [5.41, 5.74) is 6.53. The molecule has 4 nitrogen and oxygen atoms in total. The average molecular weight is 647 g/mol. The van der Waals surface area contributed by atoms with Crippen LogP contribution in [0.2, 0.25) is 0 Å². The van der Waals surface area contributed by atoms with Crippen LogP contribution in [0.4, 0.5) is 0 Å². The molecule has 50 heavy (non-hydrogen) atoms. The van der Waals surface area contributed by atoms with E-state index in [-0.39, 0.29) is 23.0 Å². The fraction of sp³-hybridized carbons (Fsp3) is 0. The van der Waals surface area contributed by atoms with E-state index in [0.717, 1.165) is 65.3 Å². The van der Waals surface area contributed by atoms with Gasteiger partial charge in [-0.15, -0.1) is 0 Å². The summed E-state index contributed by atoms with van der Waals surface area (Å²) >= 11 is 0. The second-order valence-corrected chi connectivity index (χ2v) is 12.7. The molecule has 0 saturated heterocycles. The summed E-state index contributed by atoms with van der Waals surface area (Å²) in [6.07, 6.45) is 0. The van der Waals surface area contributed by atoms with Crippen LogP contribution in [0.5, 0.6) is 23.0 Å². The lowest BCUT2D eigenvalue weighted by molar-refractivity contribution is 0.470. The first-order valence-electron chi connectivity index (χ1n) is 16.5. The minimum Gasteiger partial charge on any atom is -0.507 e.